The van der Waals surface area contributed by atoms with Gasteiger partial charge >= 0.3 is 0 Å². The summed E-state index contributed by atoms with van der Waals surface area (Å²) in [7, 11) is 0. The summed E-state index contributed by atoms with van der Waals surface area (Å²) in [6, 6.07) is 0.656. The van der Waals surface area contributed by atoms with E-state index in [0.29, 0.717) is 12.6 Å². The Kier molecular flexibility index (Phi) is 4.99. The number of aliphatic hydroxyl groups is 1. The van der Waals surface area contributed by atoms with Crippen molar-refractivity contribution in [3.8, 4) is 0 Å². The molecule has 1 fully saturated rings. The van der Waals surface area contributed by atoms with E-state index in [-0.39, 0.29) is 6.61 Å². The first-order chi connectivity index (χ1) is 9.11. The van der Waals surface area contributed by atoms with Gasteiger partial charge in [-0.1, -0.05) is 19.8 Å². The lowest BCUT2D eigenvalue weighted by atomic mass is 9.87. The van der Waals surface area contributed by atoms with Crippen molar-refractivity contribution in [2.75, 3.05) is 6.61 Å². The van der Waals surface area contributed by atoms with Crippen LogP contribution in [0.5, 0.6) is 0 Å². The molecule has 1 heterocycles. The van der Waals surface area contributed by atoms with E-state index in [9.17, 15) is 0 Å². The van der Waals surface area contributed by atoms with Crippen molar-refractivity contribution in [1.82, 2.24) is 15.1 Å². The summed E-state index contributed by atoms with van der Waals surface area (Å²) in [6.07, 6.45) is 5.32. The summed E-state index contributed by atoms with van der Waals surface area (Å²) in [5.41, 5.74) is 3.57. The third kappa shape index (κ3) is 3.57. The number of hydrogen-bond donors (Lipinski definition) is 2. The van der Waals surface area contributed by atoms with E-state index in [0.717, 1.165) is 18.2 Å². The summed E-state index contributed by atoms with van der Waals surface area (Å²) < 4.78 is 1.91. The monoisotopic (exact) mass is 265 g/mol. The SMILES string of the molecule is Cc1nn(CCO)c(C)c1CNC1CCCC(C)C1. The average molecular weight is 265 g/mol. The highest BCUT2D eigenvalue weighted by atomic mass is 16.3. The molecule has 1 aliphatic rings. The first-order valence-corrected chi connectivity index (χ1v) is 7.49. The maximum atomic E-state index is 9.03. The van der Waals surface area contributed by atoms with E-state index in [1.807, 2.05) is 4.68 Å². The Labute approximate surface area is 116 Å². The molecule has 2 unspecified atom stereocenters. The summed E-state index contributed by atoms with van der Waals surface area (Å²) in [4.78, 5) is 0. The fourth-order valence-corrected chi connectivity index (χ4v) is 3.17. The van der Waals surface area contributed by atoms with Crippen molar-refractivity contribution >= 4 is 0 Å². The molecular formula is C15H27N3O. The van der Waals surface area contributed by atoms with Gasteiger partial charge in [0.05, 0.1) is 18.8 Å². The van der Waals surface area contributed by atoms with Crippen molar-refractivity contribution in [2.45, 2.75) is 65.6 Å². The second-order valence-electron chi connectivity index (χ2n) is 5.95. The van der Waals surface area contributed by atoms with Crippen LogP contribution in [0.1, 0.15) is 49.6 Å². The highest BCUT2D eigenvalue weighted by Crippen LogP contribution is 2.24. The minimum atomic E-state index is 0.148. The van der Waals surface area contributed by atoms with Crippen LogP contribution in [-0.4, -0.2) is 27.5 Å². The van der Waals surface area contributed by atoms with Crippen molar-refractivity contribution in [1.29, 1.82) is 0 Å². The van der Waals surface area contributed by atoms with E-state index in [1.54, 1.807) is 0 Å². The maximum absolute atomic E-state index is 9.03. The molecule has 108 valence electrons. The van der Waals surface area contributed by atoms with Crippen LogP contribution in [0.4, 0.5) is 0 Å². The molecule has 1 aromatic heterocycles. The van der Waals surface area contributed by atoms with Crippen LogP contribution >= 0.6 is 0 Å². The molecule has 2 rings (SSSR count). The predicted octanol–water partition coefficient (Wildman–Crippen LogP) is 2.16. The van der Waals surface area contributed by atoms with Gasteiger partial charge in [0.2, 0.25) is 0 Å². The van der Waals surface area contributed by atoms with Gasteiger partial charge in [0, 0.05) is 23.8 Å². The van der Waals surface area contributed by atoms with Gasteiger partial charge in [0.25, 0.3) is 0 Å². The Morgan fingerprint density at radius 3 is 2.84 bits per heavy atom. The maximum Gasteiger partial charge on any atom is 0.0644 e. The molecule has 2 N–H and O–H groups in total. The van der Waals surface area contributed by atoms with Crippen molar-refractivity contribution in [3.63, 3.8) is 0 Å². The van der Waals surface area contributed by atoms with Gasteiger partial charge in [-0.25, -0.2) is 0 Å². The molecule has 1 aromatic rings. The van der Waals surface area contributed by atoms with Crippen LogP contribution in [0.2, 0.25) is 0 Å². The first kappa shape index (κ1) is 14.5. The summed E-state index contributed by atoms with van der Waals surface area (Å²) >= 11 is 0. The zero-order valence-corrected chi connectivity index (χ0v) is 12.4. The Bertz CT molecular complexity index is 414. The van der Waals surface area contributed by atoms with E-state index in [2.05, 4.69) is 31.2 Å². The Balaban J connectivity index is 1.95. The van der Waals surface area contributed by atoms with Gasteiger partial charge in [0.15, 0.2) is 0 Å². The lowest BCUT2D eigenvalue weighted by molar-refractivity contribution is 0.267. The van der Waals surface area contributed by atoms with Gasteiger partial charge in [-0.2, -0.15) is 5.10 Å². The molecule has 1 aliphatic carbocycles. The topological polar surface area (TPSA) is 50.1 Å². The Morgan fingerprint density at radius 2 is 2.16 bits per heavy atom. The Hall–Kier alpha value is -0.870. The van der Waals surface area contributed by atoms with E-state index in [1.165, 1.54) is 36.9 Å². The van der Waals surface area contributed by atoms with Gasteiger partial charge < -0.3 is 10.4 Å². The molecule has 2 atom stereocenters. The fourth-order valence-electron chi connectivity index (χ4n) is 3.17. The lowest BCUT2D eigenvalue weighted by Gasteiger charge is -2.27. The highest BCUT2D eigenvalue weighted by Gasteiger charge is 2.19. The van der Waals surface area contributed by atoms with E-state index in [4.69, 9.17) is 5.11 Å². The molecule has 0 aliphatic heterocycles. The molecule has 0 spiro atoms. The van der Waals surface area contributed by atoms with Crippen molar-refractivity contribution < 1.29 is 5.11 Å². The number of nitrogens with one attached hydrogen (secondary N) is 1. The molecule has 0 saturated heterocycles. The normalized spacial score (nSPS) is 23.8. The Morgan fingerprint density at radius 1 is 1.37 bits per heavy atom. The number of rotatable bonds is 5. The van der Waals surface area contributed by atoms with Gasteiger partial charge in [-0.05, 0) is 32.6 Å². The zero-order valence-electron chi connectivity index (χ0n) is 12.4. The van der Waals surface area contributed by atoms with Gasteiger partial charge in [0.1, 0.15) is 0 Å². The molecule has 19 heavy (non-hydrogen) atoms. The summed E-state index contributed by atoms with van der Waals surface area (Å²) in [6.45, 7) is 8.14. The number of aromatic nitrogens is 2. The van der Waals surface area contributed by atoms with Crippen LogP contribution in [-0.2, 0) is 13.1 Å². The highest BCUT2D eigenvalue weighted by molar-refractivity contribution is 5.24. The number of hydrogen-bond acceptors (Lipinski definition) is 3. The molecule has 4 nitrogen and oxygen atoms in total. The lowest BCUT2D eigenvalue weighted by Crippen LogP contribution is -2.33. The zero-order chi connectivity index (χ0) is 13.8. The van der Waals surface area contributed by atoms with Crippen LogP contribution < -0.4 is 5.32 Å². The second-order valence-corrected chi connectivity index (χ2v) is 5.95. The van der Waals surface area contributed by atoms with Crippen LogP contribution in [0.25, 0.3) is 0 Å². The van der Waals surface area contributed by atoms with Crippen molar-refractivity contribution in [3.05, 3.63) is 17.0 Å². The molecule has 0 amide bonds. The number of aryl methyl sites for hydroxylation is 1. The average Bonchev–Trinajstić information content (AvgIpc) is 2.63. The third-order valence-electron chi connectivity index (χ3n) is 4.35. The van der Waals surface area contributed by atoms with Crippen LogP contribution in [0.15, 0.2) is 0 Å². The standard InChI is InChI=1S/C15H27N3O/c1-11-5-4-6-14(9-11)16-10-15-12(2)17-18(7-8-19)13(15)3/h11,14,16,19H,4-10H2,1-3H3. The minimum Gasteiger partial charge on any atom is -0.394 e. The number of aliphatic hydroxyl groups excluding tert-OH is 1. The van der Waals surface area contributed by atoms with E-state index < -0.39 is 0 Å². The molecule has 1 saturated carbocycles. The van der Waals surface area contributed by atoms with Crippen LogP contribution in [0, 0.1) is 19.8 Å². The number of nitrogens with zero attached hydrogens (tertiary/aromatic N) is 2. The van der Waals surface area contributed by atoms with Gasteiger partial charge in [-0.15, -0.1) is 0 Å². The smallest absolute Gasteiger partial charge is 0.0644 e. The predicted molar refractivity (Wildman–Crippen MR) is 77.0 cm³/mol. The van der Waals surface area contributed by atoms with Crippen molar-refractivity contribution in [2.24, 2.45) is 5.92 Å². The summed E-state index contributed by atoms with van der Waals surface area (Å²) in [5, 5.41) is 17.2. The largest absolute Gasteiger partial charge is 0.394 e. The first-order valence-electron chi connectivity index (χ1n) is 7.49. The summed E-state index contributed by atoms with van der Waals surface area (Å²) in [5.74, 6) is 0.852. The molecule has 0 bridgehead atoms. The third-order valence-corrected chi connectivity index (χ3v) is 4.35. The molecule has 4 heteroatoms. The quantitative estimate of drug-likeness (QED) is 0.858. The fraction of sp³-hybridized carbons (Fsp3) is 0.800. The van der Waals surface area contributed by atoms with E-state index >= 15 is 0 Å². The minimum absolute atomic E-state index is 0.148. The second kappa shape index (κ2) is 6.53. The molecule has 0 aromatic carbocycles. The van der Waals surface area contributed by atoms with Gasteiger partial charge in [-0.3, -0.25) is 4.68 Å². The van der Waals surface area contributed by atoms with Crippen LogP contribution in [0.3, 0.4) is 0 Å². The molecule has 0 radical (unpaired) electrons. The molecular weight excluding hydrogens is 238 g/mol.